The number of nitrogens with zero attached hydrogens (tertiary/aromatic N) is 3. The third-order valence-electron chi connectivity index (χ3n) is 6.90. The number of likely N-dealkylation sites (tertiary alicyclic amines) is 2. The fraction of sp³-hybridized carbons (Fsp3) is 0.462. The van der Waals surface area contributed by atoms with E-state index in [2.05, 4.69) is 22.4 Å². The molecular weight excluding hydrogens is 416 g/mol. The molecule has 2 atom stereocenters. The van der Waals surface area contributed by atoms with Crippen molar-refractivity contribution in [1.82, 2.24) is 20.1 Å². The summed E-state index contributed by atoms with van der Waals surface area (Å²) in [6.07, 6.45) is 6.00. The summed E-state index contributed by atoms with van der Waals surface area (Å²) in [7, 11) is 0. The van der Waals surface area contributed by atoms with E-state index in [4.69, 9.17) is 0 Å². The van der Waals surface area contributed by atoms with E-state index in [9.17, 15) is 14.4 Å². The number of benzene rings is 1. The van der Waals surface area contributed by atoms with Gasteiger partial charge >= 0.3 is 0 Å². The maximum absolute atomic E-state index is 13.3. The van der Waals surface area contributed by atoms with Gasteiger partial charge in [0.15, 0.2) is 0 Å². The largest absolute Gasteiger partial charge is 0.356 e. The van der Waals surface area contributed by atoms with Crippen LogP contribution in [0.25, 0.3) is 11.1 Å². The second kappa shape index (κ2) is 9.73. The molecule has 7 heteroatoms. The number of amides is 3. The van der Waals surface area contributed by atoms with Crippen molar-refractivity contribution in [3.05, 3.63) is 54.4 Å². The van der Waals surface area contributed by atoms with E-state index >= 15 is 0 Å². The van der Waals surface area contributed by atoms with E-state index in [1.807, 2.05) is 31.2 Å². The molecule has 4 rings (SSSR count). The molecule has 0 radical (unpaired) electrons. The predicted molar refractivity (Wildman–Crippen MR) is 126 cm³/mol. The summed E-state index contributed by atoms with van der Waals surface area (Å²) in [6, 6.07) is 11.7. The Morgan fingerprint density at radius 2 is 1.94 bits per heavy atom. The highest BCUT2D eigenvalue weighted by molar-refractivity contribution is 5.90. The Bertz CT molecular complexity index is 1030. The van der Waals surface area contributed by atoms with Crippen LogP contribution in [-0.4, -0.2) is 64.7 Å². The highest BCUT2D eigenvalue weighted by Gasteiger charge is 2.47. The number of hydrogen-bond acceptors (Lipinski definition) is 4. The summed E-state index contributed by atoms with van der Waals surface area (Å²) in [5, 5.41) is 3.00. The fourth-order valence-corrected chi connectivity index (χ4v) is 5.09. The molecule has 2 saturated heterocycles. The van der Waals surface area contributed by atoms with Crippen LogP contribution >= 0.6 is 0 Å². The number of carbonyl (C=O) groups is 3. The maximum atomic E-state index is 13.3. The van der Waals surface area contributed by atoms with E-state index in [1.54, 1.807) is 29.1 Å². The minimum Gasteiger partial charge on any atom is -0.356 e. The summed E-state index contributed by atoms with van der Waals surface area (Å²) in [4.78, 5) is 46.2. The lowest BCUT2D eigenvalue weighted by molar-refractivity contribution is -0.143. The first kappa shape index (κ1) is 23.0. The van der Waals surface area contributed by atoms with Crippen molar-refractivity contribution in [3.8, 4) is 11.1 Å². The standard InChI is InChI=1S/C26H32N4O3/c1-3-28-25(33)26(17-20-6-4-7-22(16-20)21-9-12-27-13-10-21)11-15-29(18-26)24(32)19(2)30-14-5-8-23(30)31/h4,6-7,9-10,12-13,16,19H,3,5,8,11,14-15,17-18H2,1-2H3,(H,28,33)/t19-,26-/m1/s1. The summed E-state index contributed by atoms with van der Waals surface area (Å²) >= 11 is 0. The molecule has 2 aromatic rings. The van der Waals surface area contributed by atoms with E-state index in [-0.39, 0.29) is 17.7 Å². The summed E-state index contributed by atoms with van der Waals surface area (Å²) < 4.78 is 0. The summed E-state index contributed by atoms with van der Waals surface area (Å²) in [5.41, 5.74) is 2.53. The first-order chi connectivity index (χ1) is 15.9. The molecule has 33 heavy (non-hydrogen) atoms. The Labute approximate surface area is 195 Å². The minimum absolute atomic E-state index is 0.0143. The van der Waals surface area contributed by atoms with Gasteiger partial charge in [0, 0.05) is 45.0 Å². The van der Waals surface area contributed by atoms with Gasteiger partial charge in [-0.15, -0.1) is 0 Å². The Balaban J connectivity index is 1.55. The number of hydrogen-bond donors (Lipinski definition) is 1. The molecule has 174 valence electrons. The molecule has 0 saturated carbocycles. The third-order valence-corrected chi connectivity index (χ3v) is 6.90. The Hall–Kier alpha value is -3.22. The van der Waals surface area contributed by atoms with Crippen LogP contribution in [0.2, 0.25) is 0 Å². The molecule has 1 N–H and O–H groups in total. The molecule has 0 spiro atoms. The molecule has 3 amide bonds. The van der Waals surface area contributed by atoms with Crippen molar-refractivity contribution in [2.45, 2.75) is 45.6 Å². The average Bonchev–Trinajstić information content (AvgIpc) is 3.46. The van der Waals surface area contributed by atoms with E-state index in [0.29, 0.717) is 45.4 Å². The van der Waals surface area contributed by atoms with Crippen LogP contribution in [-0.2, 0) is 20.8 Å². The number of aromatic nitrogens is 1. The molecular formula is C26H32N4O3. The van der Waals surface area contributed by atoms with Crippen molar-refractivity contribution < 1.29 is 14.4 Å². The molecule has 1 aromatic heterocycles. The third kappa shape index (κ3) is 4.77. The van der Waals surface area contributed by atoms with Gasteiger partial charge in [0.05, 0.1) is 5.41 Å². The maximum Gasteiger partial charge on any atom is 0.245 e. The van der Waals surface area contributed by atoms with Crippen molar-refractivity contribution in [3.63, 3.8) is 0 Å². The van der Waals surface area contributed by atoms with E-state index in [1.165, 1.54) is 0 Å². The molecule has 3 heterocycles. The van der Waals surface area contributed by atoms with Crippen LogP contribution in [0.15, 0.2) is 48.8 Å². The molecule has 7 nitrogen and oxygen atoms in total. The van der Waals surface area contributed by atoms with E-state index < -0.39 is 11.5 Å². The highest BCUT2D eigenvalue weighted by atomic mass is 16.2. The first-order valence-corrected chi connectivity index (χ1v) is 11.8. The van der Waals surface area contributed by atoms with Crippen LogP contribution in [0.5, 0.6) is 0 Å². The van der Waals surface area contributed by atoms with Gasteiger partial charge in [0.1, 0.15) is 6.04 Å². The lowest BCUT2D eigenvalue weighted by atomic mass is 9.79. The van der Waals surface area contributed by atoms with Crippen LogP contribution in [0.3, 0.4) is 0 Å². The molecule has 1 aromatic carbocycles. The Kier molecular flexibility index (Phi) is 6.77. The molecule has 0 unspecified atom stereocenters. The van der Waals surface area contributed by atoms with Gasteiger partial charge in [-0.3, -0.25) is 19.4 Å². The van der Waals surface area contributed by atoms with Crippen molar-refractivity contribution in [1.29, 1.82) is 0 Å². The molecule has 2 fully saturated rings. The zero-order valence-corrected chi connectivity index (χ0v) is 19.4. The van der Waals surface area contributed by atoms with Gasteiger partial charge in [-0.2, -0.15) is 0 Å². The lowest BCUT2D eigenvalue weighted by Crippen LogP contribution is -2.49. The minimum atomic E-state index is -0.683. The normalized spacial score (nSPS) is 21.3. The van der Waals surface area contributed by atoms with Gasteiger partial charge in [-0.25, -0.2) is 0 Å². The highest BCUT2D eigenvalue weighted by Crippen LogP contribution is 2.36. The monoisotopic (exact) mass is 448 g/mol. The van der Waals surface area contributed by atoms with Gasteiger partial charge in [0.2, 0.25) is 17.7 Å². The summed E-state index contributed by atoms with van der Waals surface area (Å²) in [6.45, 7) is 5.77. The van der Waals surface area contributed by atoms with Gasteiger partial charge in [-0.05, 0) is 61.9 Å². The number of carbonyl (C=O) groups excluding carboxylic acids is 3. The second-order valence-electron chi connectivity index (χ2n) is 9.13. The Morgan fingerprint density at radius 3 is 2.64 bits per heavy atom. The zero-order chi connectivity index (χ0) is 23.4. The smallest absolute Gasteiger partial charge is 0.245 e. The summed E-state index contributed by atoms with van der Waals surface area (Å²) in [5.74, 6) is -0.0422. The number of pyridine rings is 1. The van der Waals surface area contributed by atoms with Gasteiger partial charge < -0.3 is 15.1 Å². The zero-order valence-electron chi connectivity index (χ0n) is 19.4. The first-order valence-electron chi connectivity index (χ1n) is 11.8. The number of rotatable bonds is 7. The Morgan fingerprint density at radius 1 is 1.15 bits per heavy atom. The topological polar surface area (TPSA) is 82.6 Å². The van der Waals surface area contributed by atoms with Gasteiger partial charge in [0.25, 0.3) is 0 Å². The predicted octanol–water partition coefficient (Wildman–Crippen LogP) is 2.66. The van der Waals surface area contributed by atoms with Crippen LogP contribution in [0.1, 0.15) is 38.7 Å². The SMILES string of the molecule is CCNC(=O)[C@@]1(Cc2cccc(-c3ccncc3)c2)CCN(C(=O)[C@@H](C)N2CCCC2=O)C1. The fourth-order valence-electron chi connectivity index (χ4n) is 5.09. The van der Waals surface area contributed by atoms with Crippen molar-refractivity contribution >= 4 is 17.7 Å². The van der Waals surface area contributed by atoms with Crippen LogP contribution < -0.4 is 5.32 Å². The number of nitrogens with one attached hydrogen (secondary N) is 1. The van der Waals surface area contributed by atoms with Crippen LogP contribution in [0, 0.1) is 5.41 Å². The van der Waals surface area contributed by atoms with E-state index in [0.717, 1.165) is 23.1 Å². The van der Waals surface area contributed by atoms with Crippen molar-refractivity contribution in [2.75, 3.05) is 26.2 Å². The molecule has 0 bridgehead atoms. The quantitative estimate of drug-likeness (QED) is 0.706. The van der Waals surface area contributed by atoms with Crippen molar-refractivity contribution in [2.24, 2.45) is 5.41 Å². The molecule has 0 aliphatic carbocycles. The average molecular weight is 449 g/mol. The second-order valence-corrected chi connectivity index (χ2v) is 9.13. The van der Waals surface area contributed by atoms with Gasteiger partial charge in [-0.1, -0.05) is 24.3 Å². The lowest BCUT2D eigenvalue weighted by Gasteiger charge is -2.31. The molecule has 2 aliphatic rings. The molecule has 2 aliphatic heterocycles. The van der Waals surface area contributed by atoms with Crippen LogP contribution in [0.4, 0.5) is 0 Å².